The maximum atomic E-state index is 11.9. The summed E-state index contributed by atoms with van der Waals surface area (Å²) in [6, 6.07) is 5.41. The molecule has 1 heterocycles. The van der Waals surface area contributed by atoms with E-state index in [0.29, 0.717) is 5.56 Å². The lowest BCUT2D eigenvalue weighted by atomic mass is 10.1. The van der Waals surface area contributed by atoms with E-state index in [2.05, 4.69) is 35.6 Å². The molecule has 1 aliphatic rings. The minimum absolute atomic E-state index is 0.382. The van der Waals surface area contributed by atoms with Crippen molar-refractivity contribution in [1.82, 2.24) is 0 Å². The van der Waals surface area contributed by atoms with E-state index in [1.165, 1.54) is 0 Å². The van der Waals surface area contributed by atoms with Gasteiger partial charge in [-0.3, -0.25) is 9.59 Å². The van der Waals surface area contributed by atoms with E-state index in [1.54, 1.807) is 10.6 Å². The Morgan fingerprint density at radius 2 is 1.81 bits per heavy atom. The zero-order chi connectivity index (χ0) is 12.1. The molecule has 1 aliphatic heterocycles. The topological polar surface area (TPSA) is 37.4 Å². The summed E-state index contributed by atoms with van der Waals surface area (Å²) >= 11 is 3.31. The number of anilines is 1. The summed E-state index contributed by atoms with van der Waals surface area (Å²) in [4.78, 5) is 23.7. The first-order valence-electron chi connectivity index (χ1n) is 5.01. The zero-order valence-corrected chi connectivity index (χ0v) is 12.0. The van der Waals surface area contributed by atoms with Crippen molar-refractivity contribution in [3.63, 3.8) is 0 Å². The fourth-order valence-corrected chi connectivity index (χ4v) is 3.87. The number of hydrogen-bond donors (Lipinski definition) is 0. The van der Waals surface area contributed by atoms with Gasteiger partial charge in [-0.25, -0.2) is 0 Å². The Morgan fingerprint density at radius 3 is 2.38 bits per heavy atom. The average Bonchev–Trinajstić information content (AvgIpc) is 2.40. The molecule has 5 heteroatoms. The number of carbonyl (C=O) groups is 2. The first-order valence-corrected chi connectivity index (χ1v) is 9.25. The Balaban J connectivity index is 2.64. The van der Waals surface area contributed by atoms with Crippen LogP contribution in [-0.4, -0.2) is 19.9 Å². The van der Waals surface area contributed by atoms with Gasteiger partial charge in [0.25, 0.3) is 11.7 Å². The van der Waals surface area contributed by atoms with Gasteiger partial charge >= 0.3 is 0 Å². The van der Waals surface area contributed by atoms with Gasteiger partial charge in [0.05, 0.1) is 5.56 Å². The smallest absolute Gasteiger partial charge is 0.291 e. The highest BCUT2D eigenvalue weighted by atomic mass is 79.9. The second kappa shape index (κ2) is 3.53. The number of fused-ring (bicyclic) bond motifs is 1. The molecule has 0 unspecified atom stereocenters. The van der Waals surface area contributed by atoms with Crippen molar-refractivity contribution in [3.05, 3.63) is 28.2 Å². The van der Waals surface area contributed by atoms with Crippen molar-refractivity contribution in [2.24, 2.45) is 0 Å². The number of halogens is 1. The van der Waals surface area contributed by atoms with E-state index < -0.39 is 14.0 Å². The minimum Gasteiger partial charge on any atom is -0.333 e. The van der Waals surface area contributed by atoms with Crippen LogP contribution in [0.5, 0.6) is 0 Å². The highest BCUT2D eigenvalue weighted by Crippen LogP contribution is 2.34. The van der Waals surface area contributed by atoms with Gasteiger partial charge in [0.2, 0.25) is 0 Å². The fraction of sp³-hybridized carbons (Fsp3) is 0.273. The predicted octanol–water partition coefficient (Wildman–Crippen LogP) is 2.81. The van der Waals surface area contributed by atoms with Crippen LogP contribution in [0.25, 0.3) is 0 Å². The third kappa shape index (κ3) is 1.64. The van der Waals surface area contributed by atoms with Crippen LogP contribution in [0.15, 0.2) is 22.7 Å². The molecule has 84 valence electrons. The number of nitrogens with zero attached hydrogens (tertiary/aromatic N) is 1. The molecule has 0 radical (unpaired) electrons. The first-order chi connectivity index (χ1) is 7.32. The molecule has 3 nitrogen and oxygen atoms in total. The van der Waals surface area contributed by atoms with Crippen LogP contribution in [0, 0.1) is 0 Å². The zero-order valence-electron chi connectivity index (χ0n) is 9.37. The van der Waals surface area contributed by atoms with Gasteiger partial charge in [0.15, 0.2) is 8.24 Å². The monoisotopic (exact) mass is 297 g/mol. The van der Waals surface area contributed by atoms with Crippen molar-refractivity contribution >= 4 is 41.5 Å². The number of carbonyl (C=O) groups excluding carboxylic acids is 2. The van der Waals surface area contributed by atoms with Crippen LogP contribution in [0.4, 0.5) is 5.69 Å². The van der Waals surface area contributed by atoms with E-state index in [-0.39, 0.29) is 5.91 Å². The summed E-state index contributed by atoms with van der Waals surface area (Å²) in [7, 11) is -1.85. The fourth-order valence-electron chi connectivity index (χ4n) is 1.88. The van der Waals surface area contributed by atoms with Crippen molar-refractivity contribution in [2.75, 3.05) is 4.57 Å². The van der Waals surface area contributed by atoms with Gasteiger partial charge in [-0.2, -0.15) is 0 Å². The molecule has 0 bridgehead atoms. The molecule has 0 spiro atoms. The van der Waals surface area contributed by atoms with Crippen LogP contribution >= 0.6 is 15.9 Å². The van der Waals surface area contributed by atoms with Crippen molar-refractivity contribution in [2.45, 2.75) is 19.6 Å². The van der Waals surface area contributed by atoms with Gasteiger partial charge in [0.1, 0.15) is 0 Å². The van der Waals surface area contributed by atoms with E-state index in [9.17, 15) is 9.59 Å². The van der Waals surface area contributed by atoms with Gasteiger partial charge in [-0.15, -0.1) is 0 Å². The van der Waals surface area contributed by atoms with Gasteiger partial charge in [-0.1, -0.05) is 35.6 Å². The third-order valence-corrected chi connectivity index (χ3v) is 4.79. The predicted molar refractivity (Wildman–Crippen MR) is 69.3 cm³/mol. The van der Waals surface area contributed by atoms with E-state index in [4.69, 9.17) is 0 Å². The number of rotatable bonds is 1. The lowest BCUT2D eigenvalue weighted by Gasteiger charge is -2.29. The van der Waals surface area contributed by atoms with Gasteiger partial charge in [-0.05, 0) is 18.2 Å². The maximum absolute atomic E-state index is 11.9. The Labute approximate surface area is 104 Å². The SMILES string of the molecule is C[Si](C)(C)N1C(=O)C(=O)c2cc(Br)ccc21. The second-order valence-corrected chi connectivity index (χ2v) is 10.5. The summed E-state index contributed by atoms with van der Waals surface area (Å²) in [5.41, 5.74) is 1.28. The number of benzene rings is 1. The Hall–Kier alpha value is -0.943. The third-order valence-electron chi connectivity index (χ3n) is 2.51. The molecule has 0 aromatic heterocycles. The summed E-state index contributed by atoms with van der Waals surface area (Å²) in [6.07, 6.45) is 0. The molecule has 0 fully saturated rings. The lowest BCUT2D eigenvalue weighted by Crippen LogP contribution is -2.49. The molecule has 0 aliphatic carbocycles. The molecule has 1 aromatic carbocycles. The van der Waals surface area contributed by atoms with E-state index in [0.717, 1.165) is 10.2 Å². The highest BCUT2D eigenvalue weighted by molar-refractivity contribution is 9.10. The summed E-state index contributed by atoms with van der Waals surface area (Å²) in [6.45, 7) is 6.15. The summed E-state index contributed by atoms with van der Waals surface area (Å²) in [5, 5.41) is 0. The molecule has 1 aromatic rings. The minimum atomic E-state index is -1.85. The van der Waals surface area contributed by atoms with Crippen molar-refractivity contribution < 1.29 is 9.59 Å². The molecule has 2 rings (SSSR count). The number of Topliss-reactive ketones (excluding diaryl/α,β-unsaturated/α-hetero) is 1. The summed E-state index contributed by atoms with van der Waals surface area (Å²) < 4.78 is 2.52. The van der Waals surface area contributed by atoms with E-state index in [1.807, 2.05) is 12.1 Å². The van der Waals surface area contributed by atoms with Crippen LogP contribution < -0.4 is 4.57 Å². The molecule has 0 saturated heterocycles. The number of amides is 1. The van der Waals surface area contributed by atoms with Crippen LogP contribution in [-0.2, 0) is 4.79 Å². The summed E-state index contributed by atoms with van der Waals surface area (Å²) in [5.74, 6) is -0.772. The standard InChI is InChI=1S/C11H12BrNO2Si/c1-16(2,3)13-9-5-4-7(12)6-8(9)10(14)11(13)15/h4-6H,1-3H3. The Bertz CT molecular complexity index is 493. The quantitative estimate of drug-likeness (QED) is 0.590. The highest BCUT2D eigenvalue weighted by Gasteiger charge is 2.42. The molecular weight excluding hydrogens is 286 g/mol. The Kier molecular flexibility index (Phi) is 2.55. The molecule has 0 atom stereocenters. The van der Waals surface area contributed by atoms with Crippen LogP contribution in [0.2, 0.25) is 19.6 Å². The van der Waals surface area contributed by atoms with Crippen molar-refractivity contribution in [1.29, 1.82) is 0 Å². The van der Waals surface area contributed by atoms with Crippen LogP contribution in [0.3, 0.4) is 0 Å². The molecule has 0 saturated carbocycles. The first kappa shape index (κ1) is 11.5. The Morgan fingerprint density at radius 1 is 1.19 bits per heavy atom. The normalized spacial score (nSPS) is 15.6. The van der Waals surface area contributed by atoms with Crippen molar-refractivity contribution in [3.8, 4) is 0 Å². The second-order valence-electron chi connectivity index (χ2n) is 4.80. The number of hydrogen-bond acceptors (Lipinski definition) is 2. The average molecular weight is 298 g/mol. The van der Waals surface area contributed by atoms with E-state index >= 15 is 0 Å². The molecular formula is C11H12BrNO2Si. The molecule has 16 heavy (non-hydrogen) atoms. The number of ketones is 1. The van der Waals surface area contributed by atoms with Crippen LogP contribution in [0.1, 0.15) is 10.4 Å². The molecule has 1 amide bonds. The maximum Gasteiger partial charge on any atom is 0.291 e. The largest absolute Gasteiger partial charge is 0.333 e. The van der Waals surface area contributed by atoms with Gasteiger partial charge < -0.3 is 4.57 Å². The van der Waals surface area contributed by atoms with Gasteiger partial charge in [0, 0.05) is 10.2 Å². The lowest BCUT2D eigenvalue weighted by molar-refractivity contribution is -0.113. The molecule has 0 N–H and O–H groups in total.